The molecule has 12 heteroatoms. The van der Waals surface area contributed by atoms with Crippen LogP contribution in [0.25, 0.3) is 11.4 Å². The minimum Gasteiger partial charge on any atom is -0.360 e. The molecule has 5 heterocycles. The Labute approximate surface area is 184 Å². The van der Waals surface area contributed by atoms with Gasteiger partial charge in [-0.25, -0.2) is 8.42 Å². The number of pyridine rings is 1. The van der Waals surface area contributed by atoms with Gasteiger partial charge in [0.2, 0.25) is 21.7 Å². The summed E-state index contributed by atoms with van der Waals surface area (Å²) in [7, 11) is -3.68. The van der Waals surface area contributed by atoms with Gasteiger partial charge in [0.05, 0.1) is 5.56 Å². The third-order valence-corrected chi connectivity index (χ3v) is 8.28. The van der Waals surface area contributed by atoms with E-state index in [1.165, 1.54) is 4.31 Å². The lowest BCUT2D eigenvalue weighted by atomic mass is 9.98. The van der Waals surface area contributed by atoms with Crippen molar-refractivity contribution in [1.29, 1.82) is 0 Å². The Bertz CT molecular complexity index is 1300. The highest BCUT2D eigenvalue weighted by Crippen LogP contribution is 2.32. The maximum atomic E-state index is 13.0. The largest absolute Gasteiger partial charge is 0.360 e. The molecule has 1 saturated heterocycles. The molecule has 3 aromatic heterocycles. The molecule has 2 aliphatic heterocycles. The van der Waals surface area contributed by atoms with E-state index in [1.807, 2.05) is 6.07 Å². The molecule has 170 valence electrons. The normalized spacial score (nSPS) is 18.1. The molecular formula is C20H24N6O5S. The molecule has 0 aromatic carbocycles. The summed E-state index contributed by atoms with van der Waals surface area (Å²) in [5, 5.41) is 11.1. The van der Waals surface area contributed by atoms with Crippen molar-refractivity contribution in [2.75, 3.05) is 19.6 Å². The van der Waals surface area contributed by atoms with E-state index in [0.29, 0.717) is 49.6 Å². The molecule has 11 nitrogen and oxygen atoms in total. The summed E-state index contributed by atoms with van der Waals surface area (Å²) in [6.07, 6.45) is 1.85. The maximum Gasteiger partial charge on any atom is 0.259 e. The molecule has 0 radical (unpaired) electrons. The van der Waals surface area contributed by atoms with Crippen LogP contribution >= 0.6 is 0 Å². The lowest BCUT2D eigenvalue weighted by Crippen LogP contribution is -2.38. The molecule has 2 N–H and O–H groups in total. The highest BCUT2D eigenvalue weighted by Gasteiger charge is 2.35. The van der Waals surface area contributed by atoms with Crippen LogP contribution < -0.4 is 10.9 Å². The zero-order valence-electron chi connectivity index (χ0n) is 17.8. The highest BCUT2D eigenvalue weighted by molar-refractivity contribution is 7.89. The minimum atomic E-state index is -3.68. The predicted octanol–water partition coefficient (Wildman–Crippen LogP) is 1.24. The molecule has 0 atom stereocenters. The Kier molecular flexibility index (Phi) is 5.22. The zero-order chi connectivity index (χ0) is 22.5. The Morgan fingerprint density at radius 2 is 1.94 bits per heavy atom. The van der Waals surface area contributed by atoms with E-state index in [-0.39, 0.29) is 28.0 Å². The smallest absolute Gasteiger partial charge is 0.259 e. The van der Waals surface area contributed by atoms with Gasteiger partial charge in [-0.05, 0) is 38.3 Å². The van der Waals surface area contributed by atoms with E-state index in [1.54, 1.807) is 13.8 Å². The van der Waals surface area contributed by atoms with Crippen molar-refractivity contribution in [1.82, 2.24) is 29.9 Å². The van der Waals surface area contributed by atoms with Crippen LogP contribution in [0.15, 0.2) is 24.8 Å². The number of hydrogen-bond acceptors (Lipinski definition) is 9. The fourth-order valence-corrected chi connectivity index (χ4v) is 6.18. The van der Waals surface area contributed by atoms with E-state index in [4.69, 9.17) is 9.05 Å². The van der Waals surface area contributed by atoms with E-state index < -0.39 is 10.0 Å². The van der Waals surface area contributed by atoms with Crippen LogP contribution in [0.1, 0.15) is 47.4 Å². The quantitative estimate of drug-likeness (QED) is 0.587. The predicted molar refractivity (Wildman–Crippen MR) is 112 cm³/mol. The molecule has 5 rings (SSSR count). The first-order valence-electron chi connectivity index (χ1n) is 10.6. The summed E-state index contributed by atoms with van der Waals surface area (Å²) in [6, 6.07) is 1.81. The lowest BCUT2D eigenvalue weighted by Gasteiger charge is -2.29. The van der Waals surface area contributed by atoms with Crippen molar-refractivity contribution in [3.05, 3.63) is 45.0 Å². The number of piperidine rings is 1. The van der Waals surface area contributed by atoms with Crippen molar-refractivity contribution in [2.45, 2.75) is 50.5 Å². The number of hydrogen-bond donors (Lipinski definition) is 2. The van der Waals surface area contributed by atoms with Crippen molar-refractivity contribution in [2.24, 2.45) is 0 Å². The molecule has 0 unspecified atom stereocenters. The average molecular weight is 461 g/mol. The van der Waals surface area contributed by atoms with Gasteiger partial charge in [0.1, 0.15) is 10.6 Å². The molecule has 2 aliphatic rings. The minimum absolute atomic E-state index is 0.0780. The topological polar surface area (TPSA) is 147 Å². The Morgan fingerprint density at radius 3 is 2.66 bits per heavy atom. The van der Waals surface area contributed by atoms with Crippen LogP contribution in [0, 0.1) is 13.8 Å². The number of rotatable bonds is 4. The second kappa shape index (κ2) is 7.94. The van der Waals surface area contributed by atoms with Crippen molar-refractivity contribution in [3.8, 4) is 11.4 Å². The van der Waals surface area contributed by atoms with Crippen molar-refractivity contribution >= 4 is 10.0 Å². The summed E-state index contributed by atoms with van der Waals surface area (Å²) < 4.78 is 38.0. The molecule has 0 spiro atoms. The SMILES string of the molecule is Cc1noc(C)c1S(=O)(=O)N1CCC(c2nc(-c3cc4c([nH]c3=O)CCNC4)no2)CC1. The van der Waals surface area contributed by atoms with E-state index in [0.717, 1.165) is 24.2 Å². The van der Waals surface area contributed by atoms with E-state index in [9.17, 15) is 13.2 Å². The Morgan fingerprint density at radius 1 is 1.16 bits per heavy atom. The molecule has 0 amide bonds. The number of nitrogens with zero attached hydrogens (tertiary/aromatic N) is 4. The number of nitrogens with one attached hydrogen (secondary N) is 2. The fraction of sp³-hybridized carbons (Fsp3) is 0.500. The first-order valence-corrected chi connectivity index (χ1v) is 12.0. The molecule has 32 heavy (non-hydrogen) atoms. The fourth-order valence-electron chi connectivity index (χ4n) is 4.42. The molecular weight excluding hydrogens is 436 g/mol. The number of aromatic amines is 1. The number of sulfonamides is 1. The van der Waals surface area contributed by atoms with Crippen LogP contribution in [-0.4, -0.2) is 52.6 Å². The molecule has 0 bridgehead atoms. The average Bonchev–Trinajstić information content (AvgIpc) is 3.40. The summed E-state index contributed by atoms with van der Waals surface area (Å²) >= 11 is 0. The number of aryl methyl sites for hydroxylation is 2. The first kappa shape index (κ1) is 21.0. The first-order chi connectivity index (χ1) is 15.3. The summed E-state index contributed by atoms with van der Waals surface area (Å²) in [6.45, 7) is 5.37. The van der Waals surface area contributed by atoms with E-state index >= 15 is 0 Å². The summed E-state index contributed by atoms with van der Waals surface area (Å²) in [5.41, 5.74) is 2.46. The van der Waals surface area contributed by atoms with Gasteiger partial charge >= 0.3 is 0 Å². The van der Waals surface area contributed by atoms with Gasteiger partial charge in [-0.2, -0.15) is 9.29 Å². The van der Waals surface area contributed by atoms with Crippen LogP contribution in [0.2, 0.25) is 0 Å². The monoisotopic (exact) mass is 460 g/mol. The third kappa shape index (κ3) is 3.57. The lowest BCUT2D eigenvalue weighted by molar-refractivity contribution is 0.270. The second-order valence-corrected chi connectivity index (χ2v) is 10.1. The van der Waals surface area contributed by atoms with Gasteiger partial charge in [0.15, 0.2) is 5.76 Å². The van der Waals surface area contributed by atoms with Crippen LogP contribution in [0.5, 0.6) is 0 Å². The van der Waals surface area contributed by atoms with Crippen molar-refractivity contribution in [3.63, 3.8) is 0 Å². The summed E-state index contributed by atoms with van der Waals surface area (Å²) in [4.78, 5) is 20.0. The van der Waals surface area contributed by atoms with Gasteiger partial charge < -0.3 is 19.3 Å². The van der Waals surface area contributed by atoms with Crippen LogP contribution in [0.3, 0.4) is 0 Å². The van der Waals surface area contributed by atoms with Gasteiger partial charge in [-0.1, -0.05) is 10.3 Å². The highest BCUT2D eigenvalue weighted by atomic mass is 32.2. The van der Waals surface area contributed by atoms with Gasteiger partial charge in [-0.3, -0.25) is 4.79 Å². The molecule has 1 fully saturated rings. The molecule has 0 aliphatic carbocycles. The Balaban J connectivity index is 1.32. The van der Waals surface area contributed by atoms with Gasteiger partial charge in [0.25, 0.3) is 5.56 Å². The van der Waals surface area contributed by atoms with Crippen molar-refractivity contribution < 1.29 is 17.5 Å². The van der Waals surface area contributed by atoms with Crippen LogP contribution in [-0.2, 0) is 23.0 Å². The summed E-state index contributed by atoms with van der Waals surface area (Å²) in [5.74, 6) is 0.882. The standard InChI is InChI=1S/C20H24N6O5S/c1-11-17(12(2)30-24-11)32(28,29)26-7-4-13(5-8-26)20-23-18(25-31-20)15-9-14-10-21-6-3-16(14)22-19(15)27/h9,13,21H,3-8,10H2,1-2H3,(H,22,27). The molecule has 3 aromatic rings. The van der Waals surface area contributed by atoms with Gasteiger partial charge in [-0.15, -0.1) is 0 Å². The number of aromatic nitrogens is 4. The Hall–Kier alpha value is -2.83. The van der Waals surface area contributed by atoms with Crippen LogP contribution in [0.4, 0.5) is 0 Å². The van der Waals surface area contributed by atoms with E-state index in [2.05, 4.69) is 25.6 Å². The number of H-pyrrole nitrogens is 1. The number of fused-ring (bicyclic) bond motifs is 1. The maximum absolute atomic E-state index is 13.0. The molecule has 0 saturated carbocycles. The second-order valence-electron chi connectivity index (χ2n) is 8.23. The zero-order valence-corrected chi connectivity index (χ0v) is 18.7. The third-order valence-electron chi connectivity index (χ3n) is 6.13. The van der Waals surface area contributed by atoms with Gasteiger partial charge in [0, 0.05) is 44.2 Å².